The molecule has 9 heteroatoms. The Morgan fingerprint density at radius 1 is 1.31 bits per heavy atom. The smallest absolute Gasteiger partial charge is 0.323 e. The van der Waals surface area contributed by atoms with Crippen molar-refractivity contribution in [3.05, 3.63) is 5.82 Å². The van der Waals surface area contributed by atoms with E-state index >= 15 is 0 Å². The first-order chi connectivity index (χ1) is 14.4. The van der Waals surface area contributed by atoms with E-state index < -0.39 is 12.0 Å². The quantitative estimate of drug-likeness (QED) is 0.469. The molecule has 1 aliphatic carbocycles. The van der Waals surface area contributed by atoms with E-state index in [1.807, 2.05) is 6.92 Å². The molecule has 0 radical (unpaired) electrons. The van der Waals surface area contributed by atoms with Crippen LogP contribution in [0.5, 0.6) is 0 Å². The highest BCUT2D eigenvalue weighted by molar-refractivity contribution is 5.76. The minimum Gasteiger partial charge on any atom is -0.466 e. The Balaban J connectivity index is 1.45. The van der Waals surface area contributed by atoms with Gasteiger partial charge in [-0.15, -0.1) is 10.2 Å². The van der Waals surface area contributed by atoms with E-state index in [1.165, 1.54) is 6.92 Å². The topological polar surface area (TPSA) is 119 Å². The second kappa shape index (κ2) is 10.7. The number of aromatic amines is 1. The molecular formula is C20H33N5O4. The van der Waals surface area contributed by atoms with Gasteiger partial charge in [-0.05, 0) is 69.7 Å². The molecule has 0 aromatic carbocycles. The van der Waals surface area contributed by atoms with Crippen LogP contribution in [0.25, 0.3) is 0 Å². The van der Waals surface area contributed by atoms with E-state index in [4.69, 9.17) is 10.8 Å². The molecule has 0 amide bonds. The number of tetrazole rings is 1. The zero-order chi connectivity index (χ0) is 21.6. The number of piperidine rings is 1. The number of H-pyrrole nitrogens is 1. The Labute approximate surface area is 173 Å². The van der Waals surface area contributed by atoms with Crippen molar-refractivity contribution >= 4 is 11.9 Å². The fourth-order valence-corrected chi connectivity index (χ4v) is 4.47. The number of rotatable bonds is 9. The molecule has 1 aromatic rings. The van der Waals surface area contributed by atoms with Crippen molar-refractivity contribution in [1.29, 1.82) is 0 Å². The molecular weight excluding hydrogens is 374 g/mol. The van der Waals surface area contributed by atoms with Crippen LogP contribution < -0.4 is 5.32 Å². The monoisotopic (exact) mass is 408 g/mol. The van der Waals surface area contributed by atoms with Crippen molar-refractivity contribution in [2.75, 3.05) is 13.2 Å². The molecule has 29 heavy (non-hydrogen) atoms. The molecule has 5 atom stereocenters. The SMILES string of the molecule is [2H][C@@]1(C(=O)O[C@H](C)CCCOC(C)=O)C[C@H]2C[C@@H](CCc3nn[nH]n3)CC[C@H]2CN1. The van der Waals surface area contributed by atoms with Gasteiger partial charge in [-0.3, -0.25) is 9.59 Å². The summed E-state index contributed by atoms with van der Waals surface area (Å²) in [6.07, 6.45) is 6.50. The largest absolute Gasteiger partial charge is 0.466 e. The number of nitrogens with zero attached hydrogens (tertiary/aromatic N) is 3. The van der Waals surface area contributed by atoms with E-state index in [1.54, 1.807) is 0 Å². The third kappa shape index (κ3) is 6.76. The summed E-state index contributed by atoms with van der Waals surface area (Å²) >= 11 is 0. The summed E-state index contributed by atoms with van der Waals surface area (Å²) in [5.74, 6) is 1.34. The van der Waals surface area contributed by atoms with Crippen molar-refractivity contribution in [1.82, 2.24) is 25.9 Å². The maximum atomic E-state index is 12.7. The first-order valence-corrected chi connectivity index (χ1v) is 10.7. The van der Waals surface area contributed by atoms with Crippen molar-refractivity contribution in [2.45, 2.75) is 77.3 Å². The van der Waals surface area contributed by atoms with E-state index in [9.17, 15) is 9.59 Å². The fourth-order valence-electron chi connectivity index (χ4n) is 4.47. The maximum absolute atomic E-state index is 12.7. The number of ether oxygens (including phenoxy) is 2. The van der Waals surface area contributed by atoms with E-state index in [0.717, 1.165) is 37.9 Å². The lowest BCUT2D eigenvalue weighted by Gasteiger charge is -2.42. The predicted octanol–water partition coefficient (Wildman–Crippen LogP) is 1.80. The number of carbonyl (C=O) groups excluding carboxylic acids is 2. The lowest BCUT2D eigenvalue weighted by molar-refractivity contribution is -0.153. The summed E-state index contributed by atoms with van der Waals surface area (Å²) in [6.45, 7) is 4.18. The Morgan fingerprint density at radius 2 is 2.17 bits per heavy atom. The van der Waals surface area contributed by atoms with Crippen LogP contribution in [0.1, 0.15) is 66.0 Å². The van der Waals surface area contributed by atoms with Gasteiger partial charge >= 0.3 is 11.9 Å². The van der Waals surface area contributed by atoms with Crippen molar-refractivity contribution in [3.63, 3.8) is 0 Å². The molecule has 9 nitrogen and oxygen atoms in total. The van der Waals surface area contributed by atoms with Crippen LogP contribution >= 0.6 is 0 Å². The lowest BCUT2D eigenvalue weighted by Crippen LogP contribution is -2.50. The van der Waals surface area contributed by atoms with E-state index in [2.05, 4.69) is 25.9 Å². The molecule has 1 aliphatic heterocycles. The number of fused-ring (bicyclic) bond motifs is 1. The van der Waals surface area contributed by atoms with E-state index in [-0.39, 0.29) is 12.1 Å². The molecule has 0 bridgehead atoms. The van der Waals surface area contributed by atoms with Crippen LogP contribution in [-0.4, -0.2) is 57.8 Å². The van der Waals surface area contributed by atoms with Crippen LogP contribution in [0.2, 0.25) is 0 Å². The summed E-state index contributed by atoms with van der Waals surface area (Å²) < 4.78 is 19.2. The van der Waals surface area contributed by atoms with Gasteiger partial charge in [0.05, 0.1) is 14.1 Å². The standard InChI is InChI=1S/C20H33N5O4/c1-13(4-3-9-28-14(2)26)29-20(27)18-11-17-10-15(5-7-16(17)12-21-18)6-8-19-22-24-25-23-19/h13,15-18,21H,3-12H2,1-2H3,(H,22,23,24,25)/t13-,15-,16+,17-,18+/m1/s1/i18D. The first-order valence-electron chi connectivity index (χ1n) is 11.2. The first kappa shape index (κ1) is 20.3. The maximum Gasteiger partial charge on any atom is 0.323 e. The van der Waals surface area contributed by atoms with Crippen molar-refractivity contribution < 1.29 is 20.4 Å². The van der Waals surface area contributed by atoms with Gasteiger partial charge in [-0.1, -0.05) is 11.6 Å². The van der Waals surface area contributed by atoms with Gasteiger partial charge in [0.25, 0.3) is 0 Å². The Hall–Kier alpha value is -2.03. The molecule has 1 saturated heterocycles. The molecule has 3 rings (SSSR count). The molecule has 1 saturated carbocycles. The van der Waals surface area contributed by atoms with Gasteiger partial charge < -0.3 is 14.8 Å². The summed E-state index contributed by atoms with van der Waals surface area (Å²) in [5.41, 5.74) is 0. The molecule has 2 heterocycles. The lowest BCUT2D eigenvalue weighted by atomic mass is 9.69. The van der Waals surface area contributed by atoms with Gasteiger partial charge in [0.15, 0.2) is 5.82 Å². The summed E-state index contributed by atoms with van der Waals surface area (Å²) in [6, 6.07) is -1.39. The molecule has 2 N–H and O–H groups in total. The molecule has 2 aliphatic rings. The third-order valence-electron chi connectivity index (χ3n) is 6.07. The number of hydrogen-bond donors (Lipinski definition) is 2. The van der Waals surface area contributed by atoms with E-state index in [0.29, 0.717) is 50.2 Å². The van der Waals surface area contributed by atoms with Gasteiger partial charge in [-0.2, -0.15) is 5.21 Å². The Bertz CT molecular complexity index is 703. The van der Waals surface area contributed by atoms with Crippen LogP contribution in [0.15, 0.2) is 0 Å². The number of nitrogens with one attached hydrogen (secondary N) is 2. The zero-order valence-electron chi connectivity index (χ0n) is 18.4. The molecule has 0 unspecified atom stereocenters. The number of hydrogen-bond acceptors (Lipinski definition) is 8. The Kier molecular flexibility index (Phi) is 7.45. The van der Waals surface area contributed by atoms with Crippen molar-refractivity contribution in [3.8, 4) is 0 Å². The fraction of sp³-hybridized carbons (Fsp3) is 0.850. The van der Waals surface area contributed by atoms with Crippen molar-refractivity contribution in [2.24, 2.45) is 17.8 Å². The highest BCUT2D eigenvalue weighted by Crippen LogP contribution is 2.40. The predicted molar refractivity (Wildman–Crippen MR) is 105 cm³/mol. The highest BCUT2D eigenvalue weighted by Gasteiger charge is 2.38. The summed E-state index contributed by atoms with van der Waals surface area (Å²) in [4.78, 5) is 23.5. The van der Waals surface area contributed by atoms with Gasteiger partial charge in [0.1, 0.15) is 6.02 Å². The normalized spacial score (nSPS) is 30.7. The molecule has 1 aromatic heterocycles. The number of carbonyl (C=O) groups is 2. The van der Waals surface area contributed by atoms with Crippen LogP contribution in [0, 0.1) is 17.8 Å². The second-order valence-electron chi connectivity index (χ2n) is 8.33. The molecule has 2 fully saturated rings. The van der Waals surface area contributed by atoms with Crippen LogP contribution in [-0.2, 0) is 25.5 Å². The number of esters is 2. The highest BCUT2D eigenvalue weighted by atomic mass is 16.5. The second-order valence-corrected chi connectivity index (χ2v) is 8.33. The zero-order valence-corrected chi connectivity index (χ0v) is 17.4. The minimum atomic E-state index is -1.39. The van der Waals surface area contributed by atoms with Gasteiger partial charge in [0, 0.05) is 13.3 Å². The molecule has 162 valence electrons. The average Bonchev–Trinajstić information content (AvgIpc) is 3.23. The number of aromatic nitrogens is 4. The van der Waals surface area contributed by atoms with Gasteiger partial charge in [0.2, 0.25) is 0 Å². The van der Waals surface area contributed by atoms with Crippen LogP contribution in [0.3, 0.4) is 0 Å². The Morgan fingerprint density at radius 3 is 2.93 bits per heavy atom. The van der Waals surface area contributed by atoms with Gasteiger partial charge in [-0.25, -0.2) is 0 Å². The third-order valence-corrected chi connectivity index (χ3v) is 6.07. The summed E-state index contributed by atoms with van der Waals surface area (Å²) in [7, 11) is 0. The number of aryl methyl sites for hydroxylation is 1. The average molecular weight is 409 g/mol. The summed E-state index contributed by atoms with van der Waals surface area (Å²) in [5, 5.41) is 17.3. The van der Waals surface area contributed by atoms with Crippen LogP contribution in [0.4, 0.5) is 0 Å². The minimum absolute atomic E-state index is 0.311. The molecule has 0 spiro atoms.